The molecule has 11 heteroatoms. The van der Waals surface area contributed by atoms with E-state index in [1.165, 1.54) is 0 Å². The molecule has 0 atom stereocenters. The van der Waals surface area contributed by atoms with Crippen LogP contribution in [0.5, 0.6) is 0 Å². The zero-order valence-electron chi connectivity index (χ0n) is 17.2. The molecule has 3 heterocycles. The highest BCUT2D eigenvalue weighted by Gasteiger charge is 2.40. The van der Waals surface area contributed by atoms with Gasteiger partial charge in [0.05, 0.1) is 22.6 Å². The molecule has 0 unspecified atom stereocenters. The van der Waals surface area contributed by atoms with Gasteiger partial charge in [0.25, 0.3) is 0 Å². The Morgan fingerprint density at radius 2 is 1.90 bits per heavy atom. The van der Waals surface area contributed by atoms with Crippen LogP contribution in [0.15, 0.2) is 18.7 Å². The third kappa shape index (κ3) is 3.75. The second-order valence-corrected chi connectivity index (χ2v) is 7.95. The van der Waals surface area contributed by atoms with Crippen molar-refractivity contribution >= 4 is 11.6 Å². The molecule has 1 saturated carbocycles. The summed E-state index contributed by atoms with van der Waals surface area (Å²) in [4.78, 5) is 12.4. The highest BCUT2D eigenvalue weighted by molar-refractivity contribution is 5.55. The lowest BCUT2D eigenvalue weighted by molar-refractivity contribution is -0.138. The van der Waals surface area contributed by atoms with Crippen molar-refractivity contribution in [1.29, 1.82) is 0 Å². The molecule has 1 aliphatic rings. The largest absolute Gasteiger partial charge is 0.419 e. The normalized spacial score (nSPS) is 14.9. The minimum atomic E-state index is -4.46. The van der Waals surface area contributed by atoms with Crippen molar-refractivity contribution in [3.63, 3.8) is 0 Å². The minimum absolute atomic E-state index is 0.0553. The van der Waals surface area contributed by atoms with Gasteiger partial charge < -0.3 is 5.32 Å². The van der Waals surface area contributed by atoms with Crippen LogP contribution in [-0.4, -0.2) is 34.5 Å². The maximum Gasteiger partial charge on any atom is 0.419 e. The molecule has 8 nitrogen and oxygen atoms in total. The molecule has 0 amide bonds. The number of anilines is 2. The van der Waals surface area contributed by atoms with Crippen LogP contribution in [0.3, 0.4) is 0 Å². The Morgan fingerprint density at radius 3 is 2.50 bits per heavy atom. The second kappa shape index (κ2) is 7.06. The van der Waals surface area contributed by atoms with Gasteiger partial charge in [-0.15, -0.1) is 0 Å². The van der Waals surface area contributed by atoms with Gasteiger partial charge in [-0.25, -0.2) is 15.0 Å². The number of hydrogen-bond donors (Lipinski definition) is 1. The smallest absolute Gasteiger partial charge is 0.321 e. The molecule has 0 bridgehead atoms. The van der Waals surface area contributed by atoms with Crippen molar-refractivity contribution in [3.05, 3.63) is 41.5 Å². The lowest BCUT2D eigenvalue weighted by Gasteiger charge is -2.21. The number of alkyl halides is 3. The summed E-state index contributed by atoms with van der Waals surface area (Å²) < 4.78 is 43.2. The summed E-state index contributed by atoms with van der Waals surface area (Å²) in [5, 5.41) is 12.0. The quantitative estimate of drug-likeness (QED) is 0.648. The SMILES string of the molecule is CCn1cnc(C(C)(C)n2cc(Nc3ncc(C(F)(F)F)c(C4CC4)n3)c(C)n2)n1. The van der Waals surface area contributed by atoms with Crippen molar-refractivity contribution in [2.75, 3.05) is 5.32 Å². The topological polar surface area (TPSA) is 86.3 Å². The van der Waals surface area contributed by atoms with Gasteiger partial charge in [0.2, 0.25) is 5.95 Å². The summed E-state index contributed by atoms with van der Waals surface area (Å²) in [6, 6.07) is 0. The molecule has 1 N–H and O–H groups in total. The predicted molar refractivity (Wildman–Crippen MR) is 103 cm³/mol. The minimum Gasteiger partial charge on any atom is -0.321 e. The summed E-state index contributed by atoms with van der Waals surface area (Å²) in [5.41, 5.74) is -0.0546. The molecule has 0 aromatic carbocycles. The number of aromatic nitrogens is 7. The molecular formula is C19H23F3N8. The summed E-state index contributed by atoms with van der Waals surface area (Å²) >= 11 is 0. The fraction of sp³-hybridized carbons (Fsp3) is 0.526. The van der Waals surface area contributed by atoms with E-state index in [4.69, 9.17) is 0 Å². The Labute approximate surface area is 171 Å². The molecule has 3 aromatic heterocycles. The van der Waals surface area contributed by atoms with Crippen LogP contribution in [0, 0.1) is 6.92 Å². The highest BCUT2D eigenvalue weighted by atomic mass is 19.4. The Balaban J connectivity index is 1.62. The van der Waals surface area contributed by atoms with E-state index in [0.717, 1.165) is 6.20 Å². The molecule has 4 rings (SSSR count). The lowest BCUT2D eigenvalue weighted by atomic mass is 10.1. The molecule has 0 radical (unpaired) electrons. The summed E-state index contributed by atoms with van der Waals surface area (Å²) in [5.74, 6) is 0.576. The number of hydrogen-bond acceptors (Lipinski definition) is 6. The Bertz CT molecular complexity index is 1060. The first kappa shape index (κ1) is 20.3. The van der Waals surface area contributed by atoms with Gasteiger partial charge in [0.15, 0.2) is 5.82 Å². The van der Waals surface area contributed by atoms with Crippen molar-refractivity contribution in [3.8, 4) is 0 Å². The average molecular weight is 420 g/mol. The van der Waals surface area contributed by atoms with Gasteiger partial charge in [-0.3, -0.25) is 9.36 Å². The van der Waals surface area contributed by atoms with E-state index >= 15 is 0 Å². The fourth-order valence-corrected chi connectivity index (χ4v) is 3.16. The van der Waals surface area contributed by atoms with Crippen LogP contribution >= 0.6 is 0 Å². The van der Waals surface area contributed by atoms with Gasteiger partial charge >= 0.3 is 6.18 Å². The molecule has 30 heavy (non-hydrogen) atoms. The van der Waals surface area contributed by atoms with Crippen molar-refractivity contribution in [2.24, 2.45) is 0 Å². The number of nitrogens with one attached hydrogen (secondary N) is 1. The fourth-order valence-electron chi connectivity index (χ4n) is 3.16. The van der Waals surface area contributed by atoms with E-state index in [0.29, 0.717) is 36.6 Å². The average Bonchev–Trinajstić information content (AvgIpc) is 3.29. The van der Waals surface area contributed by atoms with E-state index in [9.17, 15) is 13.2 Å². The van der Waals surface area contributed by atoms with Gasteiger partial charge in [-0.2, -0.15) is 23.4 Å². The van der Waals surface area contributed by atoms with Crippen LogP contribution < -0.4 is 5.32 Å². The number of halogens is 3. The predicted octanol–water partition coefficient (Wildman–Crippen LogP) is 4.02. The third-order valence-electron chi connectivity index (χ3n) is 5.21. The molecule has 0 aliphatic heterocycles. The molecule has 1 fully saturated rings. The van der Waals surface area contributed by atoms with E-state index in [1.54, 1.807) is 28.8 Å². The number of aryl methyl sites for hydroxylation is 2. The maximum atomic E-state index is 13.3. The first-order chi connectivity index (χ1) is 14.1. The molecule has 1 aliphatic carbocycles. The van der Waals surface area contributed by atoms with E-state index in [2.05, 4.69) is 30.5 Å². The van der Waals surface area contributed by atoms with Crippen LogP contribution in [-0.2, 0) is 18.3 Å². The third-order valence-corrected chi connectivity index (χ3v) is 5.21. The Kier molecular flexibility index (Phi) is 4.78. The van der Waals surface area contributed by atoms with Crippen molar-refractivity contribution in [1.82, 2.24) is 34.5 Å². The van der Waals surface area contributed by atoms with E-state index in [-0.39, 0.29) is 17.6 Å². The molecular weight excluding hydrogens is 397 g/mol. The zero-order chi connectivity index (χ0) is 21.7. The van der Waals surface area contributed by atoms with Gasteiger partial charge in [0.1, 0.15) is 11.9 Å². The zero-order valence-corrected chi connectivity index (χ0v) is 17.2. The maximum absolute atomic E-state index is 13.3. The Hall–Kier alpha value is -2.98. The summed E-state index contributed by atoms with van der Waals surface area (Å²) in [6.45, 7) is 8.38. The monoisotopic (exact) mass is 420 g/mol. The highest BCUT2D eigenvalue weighted by Crippen LogP contribution is 2.45. The molecule has 3 aromatic rings. The second-order valence-electron chi connectivity index (χ2n) is 7.95. The van der Waals surface area contributed by atoms with E-state index in [1.807, 2.05) is 20.8 Å². The van der Waals surface area contributed by atoms with Crippen LogP contribution in [0.2, 0.25) is 0 Å². The standard InChI is InChI=1S/C19H23F3N8/c1-5-29-10-24-16(28-29)18(3,4)30-9-14(11(2)27-30)25-17-23-8-13(19(20,21)22)15(26-17)12-6-7-12/h8-10,12H,5-7H2,1-4H3,(H,23,25,26). The lowest BCUT2D eigenvalue weighted by Crippen LogP contribution is -2.30. The summed E-state index contributed by atoms with van der Waals surface area (Å²) in [6.07, 6.45) is 1.25. The van der Waals surface area contributed by atoms with Gasteiger partial charge in [-0.05, 0) is 40.5 Å². The number of nitrogens with zero attached hydrogens (tertiary/aromatic N) is 7. The first-order valence-electron chi connectivity index (χ1n) is 9.77. The van der Waals surface area contributed by atoms with Gasteiger partial charge in [-0.1, -0.05) is 0 Å². The molecule has 0 spiro atoms. The summed E-state index contributed by atoms with van der Waals surface area (Å²) in [7, 11) is 0. The van der Waals surface area contributed by atoms with Crippen molar-refractivity contribution in [2.45, 2.75) is 64.7 Å². The van der Waals surface area contributed by atoms with Crippen LogP contribution in [0.1, 0.15) is 62.3 Å². The first-order valence-corrected chi connectivity index (χ1v) is 9.77. The Morgan fingerprint density at radius 1 is 1.17 bits per heavy atom. The molecule has 0 saturated heterocycles. The molecule has 160 valence electrons. The van der Waals surface area contributed by atoms with Crippen LogP contribution in [0.25, 0.3) is 0 Å². The number of rotatable bonds is 6. The van der Waals surface area contributed by atoms with Gasteiger partial charge in [0, 0.05) is 24.9 Å². The van der Waals surface area contributed by atoms with Crippen LogP contribution in [0.4, 0.5) is 24.8 Å². The van der Waals surface area contributed by atoms with Crippen molar-refractivity contribution < 1.29 is 13.2 Å². The van der Waals surface area contributed by atoms with E-state index < -0.39 is 17.3 Å².